The molecule has 3 aliphatic rings. The van der Waals surface area contributed by atoms with Crippen molar-refractivity contribution in [3.05, 3.63) is 63.8 Å². The summed E-state index contributed by atoms with van der Waals surface area (Å²) in [5, 5.41) is 3.32. The fourth-order valence-corrected chi connectivity index (χ4v) is 6.38. The molecular weight excluding hydrogens is 480 g/mol. The highest BCUT2D eigenvalue weighted by molar-refractivity contribution is 6.30. The lowest BCUT2D eigenvalue weighted by atomic mass is 9.90. The fourth-order valence-electron chi connectivity index (χ4n) is 6.25. The predicted octanol–water partition coefficient (Wildman–Crippen LogP) is 5.00. The van der Waals surface area contributed by atoms with Crippen molar-refractivity contribution in [2.75, 3.05) is 39.8 Å². The van der Waals surface area contributed by atoms with Gasteiger partial charge in [-0.2, -0.15) is 0 Å². The van der Waals surface area contributed by atoms with E-state index in [-0.39, 0.29) is 6.03 Å². The number of fused-ring (bicyclic) bond motifs is 1. The summed E-state index contributed by atoms with van der Waals surface area (Å²) in [5.41, 5.74) is 2.53. The average molecular weight is 521 g/mol. The molecule has 6 heteroatoms. The number of hydrogen-bond donors (Lipinski definition) is 0. The minimum absolute atomic E-state index is 0.199. The van der Waals surface area contributed by atoms with Crippen LogP contribution in [0.5, 0.6) is 0 Å². The first kappa shape index (κ1) is 26.1. The van der Waals surface area contributed by atoms with E-state index in [1.807, 2.05) is 24.1 Å². The van der Waals surface area contributed by atoms with Crippen molar-refractivity contribution in [1.82, 2.24) is 19.3 Å². The molecule has 0 unspecified atom stereocenters. The second-order valence-corrected chi connectivity index (χ2v) is 11.7. The quantitative estimate of drug-likeness (QED) is 0.555. The topological polar surface area (TPSA) is 31.7 Å². The molecule has 0 spiro atoms. The Morgan fingerprint density at radius 3 is 2.43 bits per heavy atom. The van der Waals surface area contributed by atoms with Crippen LogP contribution in [0.2, 0.25) is 5.02 Å². The molecule has 198 valence electrons. The zero-order chi connectivity index (χ0) is 25.9. The van der Waals surface area contributed by atoms with Crippen molar-refractivity contribution < 1.29 is 4.79 Å². The number of allylic oxidation sites excluding steroid dienone is 2. The zero-order valence-corrected chi connectivity index (χ0v) is 23.3. The maximum absolute atomic E-state index is 13.3. The number of likely N-dealkylation sites (tertiary alicyclic amines) is 2. The van der Waals surface area contributed by atoms with Crippen LogP contribution in [0.1, 0.15) is 57.4 Å². The minimum Gasteiger partial charge on any atom is -0.327 e. The molecule has 1 aliphatic carbocycles. The number of piperidine rings is 2. The number of hydrogen-bond acceptors (Lipinski definition) is 2. The third kappa shape index (κ3) is 5.83. The van der Waals surface area contributed by atoms with E-state index in [9.17, 15) is 4.79 Å². The van der Waals surface area contributed by atoms with Gasteiger partial charge in [0.25, 0.3) is 0 Å². The van der Waals surface area contributed by atoms with E-state index in [1.165, 1.54) is 29.0 Å². The van der Waals surface area contributed by atoms with Gasteiger partial charge in [0.05, 0.1) is 0 Å². The van der Waals surface area contributed by atoms with Gasteiger partial charge < -0.3 is 19.3 Å². The number of benzene rings is 1. The van der Waals surface area contributed by atoms with Gasteiger partial charge in [-0.25, -0.2) is 4.79 Å². The molecule has 5 rings (SSSR count). The molecule has 2 aromatic rings. The number of rotatable bonds is 5. The van der Waals surface area contributed by atoms with Crippen molar-refractivity contribution >= 4 is 29.8 Å². The second kappa shape index (κ2) is 11.5. The minimum atomic E-state index is 0.199. The van der Waals surface area contributed by atoms with Crippen LogP contribution in [-0.2, 0) is 0 Å². The number of halogens is 1. The van der Waals surface area contributed by atoms with Gasteiger partial charge in [0.15, 0.2) is 0 Å². The molecule has 0 N–H and O–H groups in total. The van der Waals surface area contributed by atoms with E-state index in [0.717, 1.165) is 62.7 Å². The molecule has 0 saturated carbocycles. The standard InChI is InChI=1S/C31H41ClN4O/c1-23(2)34-17-13-24(14-18-34)21-33(3)31(37)35-19-15-25(16-20-35)29-22-36(27-11-9-26(32)10-12-27)30-8-6-4-5-7-28(29)30/h4-5,7-12,22-25H,6,13-21H2,1-3H3. The molecule has 2 aliphatic heterocycles. The molecule has 1 aromatic heterocycles. The van der Waals surface area contributed by atoms with E-state index in [0.29, 0.717) is 17.9 Å². The Hall–Kier alpha value is -2.50. The van der Waals surface area contributed by atoms with Crippen molar-refractivity contribution in [1.29, 1.82) is 0 Å². The van der Waals surface area contributed by atoms with Crippen LogP contribution in [0.3, 0.4) is 0 Å². The van der Waals surface area contributed by atoms with Crippen LogP contribution in [0.15, 0.2) is 42.6 Å². The van der Waals surface area contributed by atoms with Crippen LogP contribution in [-0.4, -0.2) is 71.1 Å². The van der Waals surface area contributed by atoms with Crippen LogP contribution in [0.25, 0.3) is 17.8 Å². The zero-order valence-electron chi connectivity index (χ0n) is 22.6. The summed E-state index contributed by atoms with van der Waals surface area (Å²) in [6, 6.07) is 8.90. The predicted molar refractivity (Wildman–Crippen MR) is 154 cm³/mol. The Morgan fingerprint density at radius 2 is 1.76 bits per heavy atom. The largest absolute Gasteiger partial charge is 0.327 e. The molecule has 5 nitrogen and oxygen atoms in total. The summed E-state index contributed by atoms with van der Waals surface area (Å²) in [6.45, 7) is 9.37. The summed E-state index contributed by atoms with van der Waals surface area (Å²) in [6.07, 6.45) is 16.6. The van der Waals surface area contributed by atoms with Gasteiger partial charge in [-0.05, 0) is 101 Å². The average Bonchev–Trinajstić information content (AvgIpc) is 3.09. The molecule has 1 aromatic carbocycles. The van der Waals surface area contributed by atoms with E-state index in [1.54, 1.807) is 0 Å². The normalized spacial score (nSPS) is 19.3. The Balaban J connectivity index is 1.24. The molecule has 2 fully saturated rings. The number of aromatic nitrogens is 1. The van der Waals surface area contributed by atoms with Crippen LogP contribution in [0.4, 0.5) is 4.79 Å². The van der Waals surface area contributed by atoms with Gasteiger partial charge in [0.2, 0.25) is 0 Å². The third-order valence-electron chi connectivity index (χ3n) is 8.51. The number of urea groups is 1. The number of carbonyl (C=O) groups is 1. The molecule has 0 atom stereocenters. The van der Waals surface area contributed by atoms with E-state index < -0.39 is 0 Å². The lowest BCUT2D eigenvalue weighted by molar-refractivity contribution is 0.115. The third-order valence-corrected chi connectivity index (χ3v) is 8.76. The molecular formula is C31H41ClN4O. The Labute approximate surface area is 226 Å². The van der Waals surface area contributed by atoms with Crippen LogP contribution < -0.4 is 10.6 Å². The highest BCUT2D eigenvalue weighted by atomic mass is 35.5. The lowest BCUT2D eigenvalue weighted by Crippen LogP contribution is -2.48. The van der Waals surface area contributed by atoms with E-state index in [4.69, 9.17) is 11.6 Å². The number of nitrogens with zero attached hydrogens (tertiary/aromatic N) is 4. The summed E-state index contributed by atoms with van der Waals surface area (Å²) in [4.78, 5) is 19.9. The van der Waals surface area contributed by atoms with Gasteiger partial charge in [-0.15, -0.1) is 0 Å². The molecule has 37 heavy (non-hydrogen) atoms. The van der Waals surface area contributed by atoms with E-state index in [2.05, 4.69) is 70.8 Å². The van der Waals surface area contributed by atoms with Crippen molar-refractivity contribution in [2.24, 2.45) is 5.92 Å². The SMILES string of the molecule is CC(C)N1CCC(CN(C)C(=O)N2CCC(c3cn(-c4ccc(Cl)cc4)c4c3=CC=CCC=4)CC2)CC1. The molecule has 2 saturated heterocycles. The van der Waals surface area contributed by atoms with Gasteiger partial charge >= 0.3 is 6.03 Å². The fraction of sp³-hybridized carbons (Fsp3) is 0.516. The Morgan fingerprint density at radius 1 is 1.05 bits per heavy atom. The van der Waals surface area contributed by atoms with Crippen molar-refractivity contribution in [3.63, 3.8) is 0 Å². The first-order valence-electron chi connectivity index (χ1n) is 14.0. The van der Waals surface area contributed by atoms with E-state index >= 15 is 0 Å². The summed E-state index contributed by atoms with van der Waals surface area (Å²) in [7, 11) is 1.99. The van der Waals surface area contributed by atoms with Gasteiger partial charge in [0.1, 0.15) is 0 Å². The number of amides is 2. The van der Waals surface area contributed by atoms with Gasteiger partial charge in [-0.1, -0.05) is 35.9 Å². The van der Waals surface area contributed by atoms with Crippen LogP contribution >= 0.6 is 11.6 Å². The summed E-state index contributed by atoms with van der Waals surface area (Å²) in [5.74, 6) is 1.07. The van der Waals surface area contributed by atoms with Gasteiger partial charge in [0, 0.05) is 60.2 Å². The maximum atomic E-state index is 13.3. The van der Waals surface area contributed by atoms with Crippen molar-refractivity contribution in [2.45, 2.75) is 57.9 Å². The molecule has 3 heterocycles. The second-order valence-electron chi connectivity index (χ2n) is 11.3. The number of carbonyl (C=O) groups excluding carboxylic acids is 1. The summed E-state index contributed by atoms with van der Waals surface area (Å²) >= 11 is 6.16. The maximum Gasteiger partial charge on any atom is 0.319 e. The monoisotopic (exact) mass is 520 g/mol. The van der Waals surface area contributed by atoms with Crippen molar-refractivity contribution in [3.8, 4) is 5.69 Å². The molecule has 0 radical (unpaired) electrons. The Kier molecular flexibility index (Phi) is 8.11. The molecule has 0 bridgehead atoms. The van der Waals surface area contributed by atoms with Gasteiger partial charge in [-0.3, -0.25) is 0 Å². The van der Waals surface area contributed by atoms with Crippen LogP contribution in [0, 0.1) is 5.92 Å². The Bertz CT molecular complexity index is 1230. The highest BCUT2D eigenvalue weighted by Gasteiger charge is 2.29. The highest BCUT2D eigenvalue weighted by Crippen LogP contribution is 2.28. The first-order valence-corrected chi connectivity index (χ1v) is 14.4. The smallest absolute Gasteiger partial charge is 0.319 e. The first-order chi connectivity index (χ1) is 17.9. The summed E-state index contributed by atoms with van der Waals surface area (Å²) < 4.78 is 2.31. The lowest BCUT2D eigenvalue weighted by Gasteiger charge is -2.38. The molecule has 2 amide bonds.